The van der Waals surface area contributed by atoms with Crippen molar-refractivity contribution >= 4 is 11.8 Å². The number of nitrogens with zero attached hydrogens (tertiary/aromatic N) is 2. The third kappa shape index (κ3) is 2.81. The summed E-state index contributed by atoms with van der Waals surface area (Å²) in [4.78, 5) is 17.9. The van der Waals surface area contributed by atoms with Crippen molar-refractivity contribution in [1.82, 2.24) is 4.98 Å². The number of carbonyl (C=O) groups is 1. The Bertz CT molecular complexity index is 453. The number of carboxylic acids is 1. The van der Waals surface area contributed by atoms with Gasteiger partial charge in [-0.3, -0.25) is 0 Å². The monoisotopic (exact) mass is 248 g/mol. The molecule has 1 heterocycles. The van der Waals surface area contributed by atoms with Gasteiger partial charge in [0.25, 0.3) is 0 Å². The molecule has 0 spiro atoms. The molecule has 1 aliphatic rings. The van der Waals surface area contributed by atoms with Gasteiger partial charge in [0.05, 0.1) is 0 Å². The van der Waals surface area contributed by atoms with E-state index in [4.69, 9.17) is 0 Å². The Kier molecular flexibility index (Phi) is 3.55. The fourth-order valence-electron chi connectivity index (χ4n) is 2.12. The minimum atomic E-state index is -0.896. The summed E-state index contributed by atoms with van der Waals surface area (Å²) in [5, 5.41) is 9.28. The SMILES string of the molecule is Cc1ccc(C(=O)O)c(N(CC(C)C)C2CC2)n1. The second-order valence-corrected chi connectivity index (χ2v) is 5.41. The lowest BCUT2D eigenvalue weighted by molar-refractivity contribution is 0.0697. The van der Waals surface area contributed by atoms with Gasteiger partial charge >= 0.3 is 5.97 Å². The molecule has 1 aromatic heterocycles. The Labute approximate surface area is 108 Å². The number of rotatable bonds is 5. The number of hydrogen-bond acceptors (Lipinski definition) is 3. The quantitative estimate of drug-likeness (QED) is 0.870. The lowest BCUT2D eigenvalue weighted by Gasteiger charge is -2.27. The highest BCUT2D eigenvalue weighted by Gasteiger charge is 2.32. The van der Waals surface area contributed by atoms with Crippen molar-refractivity contribution in [2.24, 2.45) is 5.92 Å². The first-order valence-corrected chi connectivity index (χ1v) is 6.46. The van der Waals surface area contributed by atoms with Gasteiger partial charge in [-0.15, -0.1) is 0 Å². The molecule has 1 aliphatic carbocycles. The topological polar surface area (TPSA) is 53.4 Å². The predicted octanol–water partition coefficient (Wildman–Crippen LogP) is 2.71. The van der Waals surface area contributed by atoms with Crippen LogP contribution in [0.1, 0.15) is 42.7 Å². The van der Waals surface area contributed by atoms with Crippen LogP contribution in [0.25, 0.3) is 0 Å². The van der Waals surface area contributed by atoms with E-state index in [0.717, 1.165) is 25.1 Å². The Morgan fingerprint density at radius 2 is 2.17 bits per heavy atom. The summed E-state index contributed by atoms with van der Waals surface area (Å²) in [6.07, 6.45) is 2.28. The molecule has 0 amide bonds. The van der Waals surface area contributed by atoms with Gasteiger partial charge in [0.2, 0.25) is 0 Å². The average molecular weight is 248 g/mol. The molecule has 0 aliphatic heterocycles. The van der Waals surface area contributed by atoms with E-state index in [9.17, 15) is 9.90 Å². The van der Waals surface area contributed by atoms with Gasteiger partial charge < -0.3 is 10.0 Å². The molecule has 0 atom stereocenters. The molecule has 0 saturated heterocycles. The molecular weight excluding hydrogens is 228 g/mol. The number of carboxylic acid groups (broad SMARTS) is 1. The van der Waals surface area contributed by atoms with Crippen molar-refractivity contribution in [3.63, 3.8) is 0 Å². The predicted molar refractivity (Wildman–Crippen MR) is 71.1 cm³/mol. The number of hydrogen-bond donors (Lipinski definition) is 1. The summed E-state index contributed by atoms with van der Waals surface area (Å²) in [6.45, 7) is 7.05. The van der Waals surface area contributed by atoms with Crippen LogP contribution in [0.2, 0.25) is 0 Å². The van der Waals surface area contributed by atoms with Gasteiger partial charge in [-0.05, 0) is 37.8 Å². The van der Waals surface area contributed by atoms with E-state index in [1.165, 1.54) is 0 Å². The molecule has 4 heteroatoms. The molecule has 0 unspecified atom stereocenters. The maximum atomic E-state index is 11.3. The number of aromatic carboxylic acids is 1. The number of pyridine rings is 1. The van der Waals surface area contributed by atoms with Crippen molar-refractivity contribution < 1.29 is 9.90 Å². The van der Waals surface area contributed by atoms with Gasteiger partial charge in [-0.1, -0.05) is 13.8 Å². The van der Waals surface area contributed by atoms with E-state index >= 15 is 0 Å². The maximum absolute atomic E-state index is 11.3. The highest BCUT2D eigenvalue weighted by molar-refractivity contribution is 5.93. The second-order valence-electron chi connectivity index (χ2n) is 5.41. The van der Waals surface area contributed by atoms with Gasteiger partial charge in [0.1, 0.15) is 11.4 Å². The molecule has 0 aromatic carbocycles. The minimum Gasteiger partial charge on any atom is -0.478 e. The third-order valence-corrected chi connectivity index (χ3v) is 3.07. The molecule has 18 heavy (non-hydrogen) atoms. The molecule has 98 valence electrons. The second kappa shape index (κ2) is 4.96. The normalized spacial score (nSPS) is 14.9. The van der Waals surface area contributed by atoms with Crippen LogP contribution in [0.15, 0.2) is 12.1 Å². The van der Waals surface area contributed by atoms with Crippen molar-refractivity contribution in [2.45, 2.75) is 39.7 Å². The van der Waals surface area contributed by atoms with E-state index in [0.29, 0.717) is 23.3 Å². The van der Waals surface area contributed by atoms with Gasteiger partial charge in [0, 0.05) is 18.3 Å². The molecule has 1 saturated carbocycles. The van der Waals surface area contributed by atoms with E-state index in [1.54, 1.807) is 12.1 Å². The first-order chi connectivity index (χ1) is 8.49. The highest BCUT2D eigenvalue weighted by Crippen LogP contribution is 2.33. The standard InChI is InChI=1S/C14H20N2O2/c1-9(2)8-16(11-5-6-11)13-12(14(17)18)7-4-10(3)15-13/h4,7,9,11H,5-6,8H2,1-3H3,(H,17,18). The number of anilines is 1. The largest absolute Gasteiger partial charge is 0.478 e. The maximum Gasteiger partial charge on any atom is 0.339 e. The first kappa shape index (κ1) is 12.9. The van der Waals surface area contributed by atoms with Crippen LogP contribution in [0.5, 0.6) is 0 Å². The Morgan fingerprint density at radius 3 is 2.67 bits per heavy atom. The van der Waals surface area contributed by atoms with Crippen LogP contribution >= 0.6 is 0 Å². The smallest absolute Gasteiger partial charge is 0.339 e. The average Bonchev–Trinajstić information content (AvgIpc) is 3.08. The van der Waals surface area contributed by atoms with E-state index in [-0.39, 0.29) is 0 Å². The van der Waals surface area contributed by atoms with Gasteiger partial charge in [-0.25, -0.2) is 9.78 Å². The molecule has 1 aromatic rings. The van der Waals surface area contributed by atoms with Gasteiger partial charge in [0.15, 0.2) is 0 Å². The molecule has 0 radical (unpaired) electrons. The molecule has 4 nitrogen and oxygen atoms in total. The van der Waals surface area contributed by atoms with Crippen LogP contribution < -0.4 is 4.90 Å². The van der Waals surface area contributed by atoms with Crippen molar-refractivity contribution in [2.75, 3.05) is 11.4 Å². The van der Waals surface area contributed by atoms with E-state index in [1.807, 2.05) is 6.92 Å². The number of aromatic nitrogens is 1. The van der Waals surface area contributed by atoms with Crippen molar-refractivity contribution in [1.29, 1.82) is 0 Å². The number of aryl methyl sites for hydroxylation is 1. The summed E-state index contributed by atoms with van der Waals surface area (Å²) in [5.74, 6) is 0.236. The zero-order valence-electron chi connectivity index (χ0n) is 11.2. The van der Waals surface area contributed by atoms with Crippen molar-refractivity contribution in [3.8, 4) is 0 Å². The Morgan fingerprint density at radius 1 is 1.50 bits per heavy atom. The van der Waals surface area contributed by atoms with Crippen LogP contribution in [-0.4, -0.2) is 28.6 Å². The van der Waals surface area contributed by atoms with Crippen molar-refractivity contribution in [3.05, 3.63) is 23.4 Å². The molecule has 1 N–H and O–H groups in total. The van der Waals surface area contributed by atoms with E-state index < -0.39 is 5.97 Å². The molecule has 1 fully saturated rings. The van der Waals surface area contributed by atoms with Gasteiger partial charge in [-0.2, -0.15) is 0 Å². The summed E-state index contributed by atoms with van der Waals surface area (Å²) in [5.41, 5.74) is 1.18. The fraction of sp³-hybridized carbons (Fsp3) is 0.571. The Hall–Kier alpha value is -1.58. The molecule has 0 bridgehead atoms. The fourth-order valence-corrected chi connectivity index (χ4v) is 2.12. The molecular formula is C14H20N2O2. The van der Waals surface area contributed by atoms with Crippen LogP contribution in [0.4, 0.5) is 5.82 Å². The molecule has 2 rings (SSSR count). The summed E-state index contributed by atoms with van der Waals surface area (Å²) < 4.78 is 0. The van der Waals surface area contributed by atoms with Crippen LogP contribution in [0.3, 0.4) is 0 Å². The lowest BCUT2D eigenvalue weighted by atomic mass is 10.1. The summed E-state index contributed by atoms with van der Waals surface area (Å²) in [7, 11) is 0. The lowest BCUT2D eigenvalue weighted by Crippen LogP contribution is -2.32. The highest BCUT2D eigenvalue weighted by atomic mass is 16.4. The summed E-state index contributed by atoms with van der Waals surface area (Å²) >= 11 is 0. The van der Waals surface area contributed by atoms with E-state index in [2.05, 4.69) is 23.7 Å². The third-order valence-electron chi connectivity index (χ3n) is 3.07. The zero-order valence-corrected chi connectivity index (χ0v) is 11.2. The van der Waals surface area contributed by atoms with Crippen LogP contribution in [-0.2, 0) is 0 Å². The summed E-state index contributed by atoms with van der Waals surface area (Å²) in [6, 6.07) is 3.89. The first-order valence-electron chi connectivity index (χ1n) is 6.46. The van der Waals surface area contributed by atoms with Crippen LogP contribution in [0, 0.1) is 12.8 Å². The Balaban J connectivity index is 2.38. The zero-order chi connectivity index (χ0) is 13.3. The minimum absolute atomic E-state index is 0.313.